The van der Waals surface area contributed by atoms with Crippen LogP contribution in [0.25, 0.3) is 0 Å². The van der Waals surface area contributed by atoms with Crippen molar-refractivity contribution in [2.75, 3.05) is 26.0 Å². The summed E-state index contributed by atoms with van der Waals surface area (Å²) in [7, 11) is -1.64. The lowest BCUT2D eigenvalue weighted by molar-refractivity contribution is 0.113. The highest BCUT2D eigenvalue weighted by molar-refractivity contribution is 7.91. The van der Waals surface area contributed by atoms with Crippen molar-refractivity contribution in [2.24, 2.45) is 4.99 Å². The van der Waals surface area contributed by atoms with Crippen LogP contribution >= 0.6 is 0 Å². The van der Waals surface area contributed by atoms with Crippen LogP contribution in [0.5, 0.6) is 0 Å². The molecule has 6 nitrogen and oxygen atoms in total. The number of aliphatic imine (C=N–C) groups is 1. The van der Waals surface area contributed by atoms with Crippen LogP contribution in [-0.4, -0.2) is 52.5 Å². The summed E-state index contributed by atoms with van der Waals surface area (Å²) in [6.45, 7) is 3.46. The van der Waals surface area contributed by atoms with Crippen molar-refractivity contribution in [3.05, 3.63) is 30.3 Å². The first-order chi connectivity index (χ1) is 11.5. The van der Waals surface area contributed by atoms with Crippen LogP contribution in [0.2, 0.25) is 0 Å². The fraction of sp³-hybridized carbons (Fsp3) is 0.588. The molecule has 2 N–H and O–H groups in total. The van der Waals surface area contributed by atoms with Crippen molar-refractivity contribution in [2.45, 2.75) is 43.2 Å². The monoisotopic (exact) mass is 353 g/mol. The molecule has 24 heavy (non-hydrogen) atoms. The molecule has 0 radical (unpaired) electrons. The van der Waals surface area contributed by atoms with E-state index in [1.165, 1.54) is 0 Å². The second-order valence-electron chi connectivity index (χ2n) is 5.93. The van der Waals surface area contributed by atoms with Crippen LogP contribution in [0.3, 0.4) is 0 Å². The van der Waals surface area contributed by atoms with Gasteiger partial charge < -0.3 is 15.4 Å². The van der Waals surface area contributed by atoms with Crippen LogP contribution in [-0.2, 0) is 14.6 Å². The molecule has 7 heteroatoms. The van der Waals surface area contributed by atoms with Gasteiger partial charge in [0, 0.05) is 26.2 Å². The van der Waals surface area contributed by atoms with Gasteiger partial charge in [0.15, 0.2) is 15.8 Å². The Labute approximate surface area is 144 Å². The van der Waals surface area contributed by atoms with E-state index < -0.39 is 9.84 Å². The molecule has 0 saturated carbocycles. The highest BCUT2D eigenvalue weighted by Crippen LogP contribution is 2.13. The van der Waals surface area contributed by atoms with Gasteiger partial charge in [-0.2, -0.15) is 0 Å². The van der Waals surface area contributed by atoms with E-state index in [0.717, 1.165) is 19.4 Å². The largest absolute Gasteiger partial charge is 0.376 e. The minimum Gasteiger partial charge on any atom is -0.376 e. The zero-order chi connectivity index (χ0) is 17.4. The van der Waals surface area contributed by atoms with Gasteiger partial charge >= 0.3 is 0 Å². The molecule has 0 bridgehead atoms. The van der Waals surface area contributed by atoms with E-state index in [9.17, 15) is 8.42 Å². The minimum absolute atomic E-state index is 0.0359. The maximum absolute atomic E-state index is 12.5. The van der Waals surface area contributed by atoms with E-state index in [1.807, 2.05) is 13.0 Å². The van der Waals surface area contributed by atoms with Gasteiger partial charge in [-0.1, -0.05) is 25.1 Å². The van der Waals surface area contributed by atoms with Crippen molar-refractivity contribution >= 4 is 15.8 Å². The standard InChI is InChI=1S/C17H27N3O3S/c1-3-14(13-24(21,22)16-9-5-4-6-10-16)20-17(18-2)19-12-15-8-7-11-23-15/h4-6,9-10,14-15H,3,7-8,11-13H2,1-2H3,(H2,18,19,20). The number of rotatable bonds is 7. The van der Waals surface area contributed by atoms with Gasteiger partial charge in [0.2, 0.25) is 0 Å². The summed E-state index contributed by atoms with van der Waals surface area (Å²) >= 11 is 0. The topological polar surface area (TPSA) is 79.8 Å². The molecule has 1 aromatic carbocycles. The lowest BCUT2D eigenvalue weighted by Gasteiger charge is -2.21. The molecule has 1 aromatic rings. The first kappa shape index (κ1) is 18.7. The fourth-order valence-electron chi connectivity index (χ4n) is 2.65. The molecule has 0 spiro atoms. The van der Waals surface area contributed by atoms with Gasteiger partial charge in [-0.15, -0.1) is 0 Å². The molecule has 1 aliphatic heterocycles. The zero-order valence-corrected chi connectivity index (χ0v) is 15.2. The Morgan fingerprint density at radius 3 is 2.71 bits per heavy atom. The lowest BCUT2D eigenvalue weighted by Crippen LogP contribution is -2.47. The predicted octanol–water partition coefficient (Wildman–Crippen LogP) is 1.58. The Balaban J connectivity index is 1.92. The lowest BCUT2D eigenvalue weighted by atomic mass is 10.2. The van der Waals surface area contributed by atoms with Crippen molar-refractivity contribution in [1.29, 1.82) is 0 Å². The zero-order valence-electron chi connectivity index (χ0n) is 14.4. The van der Waals surface area contributed by atoms with Gasteiger partial charge in [0.1, 0.15) is 0 Å². The summed E-state index contributed by atoms with van der Waals surface area (Å²) in [4.78, 5) is 4.54. The smallest absolute Gasteiger partial charge is 0.191 e. The molecule has 1 fully saturated rings. The number of ether oxygens (including phenoxy) is 1. The van der Waals surface area contributed by atoms with E-state index in [1.54, 1.807) is 31.3 Å². The predicted molar refractivity (Wildman–Crippen MR) is 96.0 cm³/mol. The van der Waals surface area contributed by atoms with E-state index in [0.29, 0.717) is 23.8 Å². The van der Waals surface area contributed by atoms with Gasteiger partial charge in [0.05, 0.1) is 16.8 Å². The maximum Gasteiger partial charge on any atom is 0.191 e. The van der Waals surface area contributed by atoms with Crippen molar-refractivity contribution in [1.82, 2.24) is 10.6 Å². The summed E-state index contributed by atoms with van der Waals surface area (Å²) in [5.74, 6) is 0.648. The van der Waals surface area contributed by atoms with Gasteiger partial charge in [-0.25, -0.2) is 8.42 Å². The first-order valence-electron chi connectivity index (χ1n) is 8.41. The number of hydrogen-bond acceptors (Lipinski definition) is 4. The number of benzene rings is 1. The molecular formula is C17H27N3O3S. The van der Waals surface area contributed by atoms with Crippen molar-refractivity contribution in [3.63, 3.8) is 0 Å². The van der Waals surface area contributed by atoms with E-state index in [4.69, 9.17) is 4.74 Å². The maximum atomic E-state index is 12.5. The second kappa shape index (κ2) is 9.03. The molecule has 1 saturated heterocycles. The fourth-order valence-corrected chi connectivity index (χ4v) is 4.27. The number of nitrogens with zero attached hydrogens (tertiary/aromatic N) is 1. The molecule has 0 amide bonds. The molecule has 2 unspecified atom stereocenters. The highest BCUT2D eigenvalue weighted by atomic mass is 32.2. The van der Waals surface area contributed by atoms with E-state index in [-0.39, 0.29) is 17.9 Å². The number of guanidine groups is 1. The van der Waals surface area contributed by atoms with Crippen LogP contribution in [0.4, 0.5) is 0 Å². The average molecular weight is 353 g/mol. The van der Waals surface area contributed by atoms with Crippen LogP contribution in [0.15, 0.2) is 40.2 Å². The Morgan fingerprint density at radius 1 is 1.38 bits per heavy atom. The van der Waals surface area contributed by atoms with Gasteiger partial charge in [0.25, 0.3) is 0 Å². The molecule has 0 aliphatic carbocycles. The Morgan fingerprint density at radius 2 is 2.12 bits per heavy atom. The van der Waals surface area contributed by atoms with Crippen molar-refractivity contribution in [3.8, 4) is 0 Å². The van der Waals surface area contributed by atoms with Crippen LogP contribution in [0, 0.1) is 0 Å². The van der Waals surface area contributed by atoms with Crippen LogP contribution in [0.1, 0.15) is 26.2 Å². The molecule has 1 aliphatic rings. The van der Waals surface area contributed by atoms with Crippen molar-refractivity contribution < 1.29 is 13.2 Å². The Bertz CT molecular complexity index is 626. The molecule has 1 heterocycles. The summed E-state index contributed by atoms with van der Waals surface area (Å²) in [6.07, 6.45) is 3.03. The molecule has 2 atom stereocenters. The first-order valence-corrected chi connectivity index (χ1v) is 10.1. The number of nitrogens with one attached hydrogen (secondary N) is 2. The third-order valence-corrected chi connectivity index (χ3v) is 5.93. The SMILES string of the molecule is CCC(CS(=O)(=O)c1ccccc1)NC(=NC)NCC1CCCO1. The Kier molecular flexibility index (Phi) is 7.05. The van der Waals surface area contributed by atoms with E-state index >= 15 is 0 Å². The average Bonchev–Trinajstić information content (AvgIpc) is 3.11. The molecule has 2 rings (SSSR count). The summed E-state index contributed by atoms with van der Waals surface area (Å²) < 4.78 is 30.6. The summed E-state index contributed by atoms with van der Waals surface area (Å²) in [6, 6.07) is 8.35. The third-order valence-electron chi connectivity index (χ3n) is 4.10. The quantitative estimate of drug-likeness (QED) is 0.575. The van der Waals surface area contributed by atoms with E-state index in [2.05, 4.69) is 15.6 Å². The minimum atomic E-state index is -3.33. The van der Waals surface area contributed by atoms with Gasteiger partial charge in [-0.3, -0.25) is 4.99 Å². The molecule has 0 aromatic heterocycles. The third kappa shape index (κ3) is 5.49. The summed E-state index contributed by atoms with van der Waals surface area (Å²) in [5, 5.41) is 6.43. The number of sulfone groups is 1. The van der Waals surface area contributed by atoms with Crippen LogP contribution < -0.4 is 10.6 Å². The normalized spacial score (nSPS) is 19.9. The van der Waals surface area contributed by atoms with Gasteiger partial charge in [-0.05, 0) is 31.4 Å². The summed E-state index contributed by atoms with van der Waals surface area (Å²) in [5.41, 5.74) is 0. The molecular weight excluding hydrogens is 326 g/mol. The Hall–Kier alpha value is -1.60. The molecule has 134 valence electrons. The number of hydrogen-bond donors (Lipinski definition) is 2. The second-order valence-corrected chi connectivity index (χ2v) is 7.97. The highest BCUT2D eigenvalue weighted by Gasteiger charge is 2.21.